The molecule has 0 aromatic heterocycles. The summed E-state index contributed by atoms with van der Waals surface area (Å²) in [7, 11) is 0. The molecule has 0 atom stereocenters. The lowest BCUT2D eigenvalue weighted by atomic mass is 9.84. The fourth-order valence-corrected chi connectivity index (χ4v) is 4.43. The van der Waals surface area contributed by atoms with Crippen molar-refractivity contribution < 1.29 is 9.53 Å². The minimum atomic E-state index is 0.119. The molecule has 5 heteroatoms. The number of hydrogen-bond donors (Lipinski definition) is 0. The van der Waals surface area contributed by atoms with E-state index in [1.54, 1.807) is 0 Å². The number of anilines is 4. The van der Waals surface area contributed by atoms with Gasteiger partial charge >= 0.3 is 0 Å². The average molecular weight is 408 g/mol. The topological polar surface area (TPSA) is 36.0 Å². The van der Waals surface area contributed by atoms with Gasteiger partial charge in [0.2, 0.25) is 5.91 Å². The van der Waals surface area contributed by atoms with E-state index in [1.165, 1.54) is 0 Å². The Hall–Kier alpha value is -2.69. The highest BCUT2D eigenvalue weighted by Gasteiger charge is 2.36. The van der Waals surface area contributed by atoms with E-state index in [-0.39, 0.29) is 11.8 Å². The first kappa shape index (κ1) is 20.6. The zero-order valence-corrected chi connectivity index (χ0v) is 18.6. The molecule has 1 heterocycles. The van der Waals surface area contributed by atoms with Crippen LogP contribution in [0.25, 0.3) is 0 Å². The molecule has 2 aromatic carbocycles. The molecule has 1 saturated carbocycles. The molecule has 2 aromatic rings. The summed E-state index contributed by atoms with van der Waals surface area (Å²) < 4.78 is 6.40. The van der Waals surface area contributed by atoms with E-state index >= 15 is 0 Å². The molecule has 1 aliphatic heterocycles. The molecule has 0 saturated heterocycles. The third kappa shape index (κ3) is 3.51. The molecule has 0 radical (unpaired) electrons. The molecule has 0 spiro atoms. The first-order valence-corrected chi connectivity index (χ1v) is 11.4. The Morgan fingerprint density at radius 3 is 1.70 bits per heavy atom. The molecule has 30 heavy (non-hydrogen) atoms. The van der Waals surface area contributed by atoms with Crippen molar-refractivity contribution >= 4 is 28.7 Å². The summed E-state index contributed by atoms with van der Waals surface area (Å²) in [5.41, 5.74) is 3.95. The molecule has 1 amide bonds. The van der Waals surface area contributed by atoms with Gasteiger partial charge in [-0.1, -0.05) is 6.42 Å². The van der Waals surface area contributed by atoms with Gasteiger partial charge in [0.05, 0.1) is 11.4 Å². The summed E-state index contributed by atoms with van der Waals surface area (Å²) in [5, 5.41) is 0. The first-order valence-electron chi connectivity index (χ1n) is 11.4. The summed E-state index contributed by atoms with van der Waals surface area (Å²) in [5.74, 6) is 1.83. The minimum Gasteiger partial charge on any atom is -0.453 e. The van der Waals surface area contributed by atoms with E-state index in [1.807, 2.05) is 17.0 Å². The zero-order chi connectivity index (χ0) is 21.3. The summed E-state index contributed by atoms with van der Waals surface area (Å²) >= 11 is 0. The van der Waals surface area contributed by atoms with Gasteiger partial charge in [-0.3, -0.25) is 9.69 Å². The second-order valence-electron chi connectivity index (χ2n) is 8.05. The van der Waals surface area contributed by atoms with Gasteiger partial charge in [0.15, 0.2) is 11.5 Å². The molecular formula is C25H33N3O2. The quantitative estimate of drug-likeness (QED) is 0.568. The lowest BCUT2D eigenvalue weighted by molar-refractivity contribution is -0.124. The second-order valence-corrected chi connectivity index (χ2v) is 8.05. The molecule has 1 aliphatic carbocycles. The van der Waals surface area contributed by atoms with Crippen molar-refractivity contribution in [2.24, 2.45) is 5.92 Å². The van der Waals surface area contributed by atoms with Crippen molar-refractivity contribution in [3.05, 3.63) is 36.4 Å². The maximum Gasteiger partial charge on any atom is 0.234 e. The maximum absolute atomic E-state index is 13.4. The fraction of sp³-hybridized carbons (Fsp3) is 0.480. The van der Waals surface area contributed by atoms with Crippen LogP contribution < -0.4 is 19.4 Å². The lowest BCUT2D eigenvalue weighted by Crippen LogP contribution is -2.37. The SMILES string of the molecule is CCN(CC)c1ccc2c(c1)Oc1cc(N(CC)CC)ccc1N2C(=O)C1CCC1. The van der Waals surface area contributed by atoms with Crippen LogP contribution in [0.5, 0.6) is 11.5 Å². The van der Waals surface area contributed by atoms with Crippen LogP contribution in [0.2, 0.25) is 0 Å². The normalized spacial score (nSPS) is 15.0. The smallest absolute Gasteiger partial charge is 0.234 e. The number of carbonyl (C=O) groups is 1. The van der Waals surface area contributed by atoms with Gasteiger partial charge in [-0.2, -0.15) is 0 Å². The minimum absolute atomic E-state index is 0.119. The van der Waals surface area contributed by atoms with Crippen LogP contribution in [0, 0.1) is 5.92 Å². The van der Waals surface area contributed by atoms with Gasteiger partial charge in [-0.05, 0) is 64.8 Å². The van der Waals surface area contributed by atoms with Gasteiger partial charge in [0, 0.05) is 55.6 Å². The Balaban J connectivity index is 1.79. The maximum atomic E-state index is 13.4. The van der Waals surface area contributed by atoms with E-state index in [0.29, 0.717) is 0 Å². The van der Waals surface area contributed by atoms with Crippen molar-refractivity contribution in [2.75, 3.05) is 40.9 Å². The molecule has 0 N–H and O–H groups in total. The van der Waals surface area contributed by atoms with E-state index in [4.69, 9.17) is 4.74 Å². The van der Waals surface area contributed by atoms with E-state index in [2.05, 4.69) is 61.8 Å². The van der Waals surface area contributed by atoms with Crippen molar-refractivity contribution in [2.45, 2.75) is 47.0 Å². The zero-order valence-electron chi connectivity index (χ0n) is 18.6. The molecule has 0 unspecified atom stereocenters. The molecule has 5 nitrogen and oxygen atoms in total. The third-order valence-corrected chi connectivity index (χ3v) is 6.52. The standard InChI is InChI=1S/C25H33N3O2/c1-5-26(6-2)19-12-14-21-23(16-19)30-24-17-20(27(7-3)8-4)13-15-22(24)28(21)25(29)18-10-9-11-18/h12-18H,5-11H2,1-4H3. The van der Waals surface area contributed by atoms with Crippen molar-refractivity contribution in [3.8, 4) is 11.5 Å². The molecular weight excluding hydrogens is 374 g/mol. The van der Waals surface area contributed by atoms with Crippen LogP contribution in [0.3, 0.4) is 0 Å². The predicted octanol–water partition coefficient (Wildman–Crippen LogP) is 5.95. The highest BCUT2D eigenvalue weighted by molar-refractivity contribution is 6.06. The van der Waals surface area contributed by atoms with Crippen LogP contribution in [0.15, 0.2) is 36.4 Å². The number of hydrogen-bond acceptors (Lipinski definition) is 4. The number of nitrogens with zero attached hydrogens (tertiary/aromatic N) is 3. The Labute approximate surface area is 180 Å². The predicted molar refractivity (Wildman–Crippen MR) is 125 cm³/mol. The molecule has 2 aliphatic rings. The largest absolute Gasteiger partial charge is 0.453 e. The Morgan fingerprint density at radius 2 is 1.33 bits per heavy atom. The Bertz CT molecular complexity index is 853. The third-order valence-electron chi connectivity index (χ3n) is 6.52. The number of amides is 1. The van der Waals surface area contributed by atoms with Gasteiger partial charge in [-0.25, -0.2) is 0 Å². The number of benzene rings is 2. The van der Waals surface area contributed by atoms with Gasteiger partial charge < -0.3 is 14.5 Å². The Morgan fingerprint density at radius 1 is 0.867 bits per heavy atom. The second kappa shape index (κ2) is 8.58. The number of rotatable bonds is 7. The van der Waals surface area contributed by atoms with Gasteiger partial charge in [0.1, 0.15) is 0 Å². The van der Waals surface area contributed by atoms with Crippen LogP contribution in [0.1, 0.15) is 47.0 Å². The molecule has 160 valence electrons. The first-order chi connectivity index (χ1) is 14.6. The van der Waals surface area contributed by atoms with Crippen molar-refractivity contribution in [1.82, 2.24) is 0 Å². The van der Waals surface area contributed by atoms with Crippen LogP contribution in [0.4, 0.5) is 22.7 Å². The summed E-state index contributed by atoms with van der Waals surface area (Å²) in [6, 6.07) is 12.4. The van der Waals surface area contributed by atoms with Gasteiger partial charge in [-0.15, -0.1) is 0 Å². The fourth-order valence-electron chi connectivity index (χ4n) is 4.43. The number of ether oxygens (including phenoxy) is 1. The van der Waals surface area contributed by atoms with Gasteiger partial charge in [0.25, 0.3) is 0 Å². The van der Waals surface area contributed by atoms with Crippen LogP contribution >= 0.6 is 0 Å². The van der Waals surface area contributed by atoms with Crippen molar-refractivity contribution in [3.63, 3.8) is 0 Å². The molecule has 4 rings (SSSR count). The highest BCUT2D eigenvalue weighted by Crippen LogP contribution is 2.50. The van der Waals surface area contributed by atoms with Crippen molar-refractivity contribution in [1.29, 1.82) is 0 Å². The summed E-state index contributed by atoms with van der Waals surface area (Å²) in [6.07, 6.45) is 3.11. The van der Waals surface area contributed by atoms with Crippen LogP contribution in [-0.4, -0.2) is 32.1 Å². The Kier molecular flexibility index (Phi) is 5.89. The van der Waals surface area contributed by atoms with E-state index < -0.39 is 0 Å². The van der Waals surface area contributed by atoms with E-state index in [0.717, 1.165) is 79.7 Å². The van der Waals surface area contributed by atoms with E-state index in [9.17, 15) is 4.79 Å². The monoisotopic (exact) mass is 407 g/mol. The molecule has 0 bridgehead atoms. The summed E-state index contributed by atoms with van der Waals surface area (Å²) in [6.45, 7) is 12.4. The van der Waals surface area contributed by atoms with Crippen LogP contribution in [-0.2, 0) is 4.79 Å². The average Bonchev–Trinajstić information content (AvgIpc) is 2.72. The number of fused-ring (bicyclic) bond motifs is 2. The lowest BCUT2D eigenvalue weighted by Gasteiger charge is -2.37. The summed E-state index contributed by atoms with van der Waals surface area (Å²) in [4.78, 5) is 19.9. The number of carbonyl (C=O) groups excluding carboxylic acids is 1. The highest BCUT2D eigenvalue weighted by atomic mass is 16.5. The molecule has 1 fully saturated rings.